The summed E-state index contributed by atoms with van der Waals surface area (Å²) in [7, 11) is 1.86. The molecule has 1 aromatic heterocycles. The Morgan fingerprint density at radius 1 is 1.24 bits per heavy atom. The van der Waals surface area contributed by atoms with Crippen LogP contribution in [0.2, 0.25) is 5.02 Å². The zero-order valence-electron chi connectivity index (χ0n) is 15.5. The van der Waals surface area contributed by atoms with Gasteiger partial charge in [-0.25, -0.2) is 4.39 Å². The molecule has 1 saturated heterocycles. The monoisotopic (exact) mass is 419 g/mol. The summed E-state index contributed by atoms with van der Waals surface area (Å²) in [6.07, 6.45) is 0.615. The number of aliphatic hydroxyl groups excluding tert-OH is 1. The zero-order chi connectivity index (χ0) is 20.9. The van der Waals surface area contributed by atoms with Crippen molar-refractivity contribution in [1.29, 1.82) is 0 Å². The number of nitrogens with zero attached hydrogens (tertiary/aromatic N) is 1. The lowest BCUT2D eigenvalue weighted by atomic mass is 9.89. The van der Waals surface area contributed by atoms with Gasteiger partial charge in [0.1, 0.15) is 34.0 Å². The van der Waals surface area contributed by atoms with Crippen LogP contribution in [-0.4, -0.2) is 46.5 Å². The highest BCUT2D eigenvalue weighted by atomic mass is 35.5. The lowest BCUT2D eigenvalue weighted by molar-refractivity contribution is 0.172. The summed E-state index contributed by atoms with van der Waals surface area (Å²) in [5.74, 6) is -1.51. The first kappa shape index (κ1) is 19.7. The summed E-state index contributed by atoms with van der Waals surface area (Å²) in [5, 5.41) is 30.8. The van der Waals surface area contributed by atoms with Gasteiger partial charge in [-0.2, -0.15) is 0 Å². The van der Waals surface area contributed by atoms with Gasteiger partial charge in [-0.15, -0.1) is 0 Å². The number of fused-ring (bicyclic) bond motifs is 1. The molecule has 6 nitrogen and oxygen atoms in total. The molecule has 2 heterocycles. The van der Waals surface area contributed by atoms with Gasteiger partial charge in [0.05, 0.1) is 11.6 Å². The van der Waals surface area contributed by atoms with Gasteiger partial charge in [0.2, 0.25) is 0 Å². The number of benzene rings is 2. The minimum atomic E-state index is -0.552. The zero-order valence-corrected chi connectivity index (χ0v) is 16.3. The van der Waals surface area contributed by atoms with Crippen molar-refractivity contribution in [2.24, 2.45) is 0 Å². The summed E-state index contributed by atoms with van der Waals surface area (Å²) in [4.78, 5) is 14.7. The van der Waals surface area contributed by atoms with Crippen LogP contribution in [0.5, 0.6) is 11.5 Å². The topological polar surface area (TPSA) is 94.1 Å². The molecule has 3 aromatic rings. The van der Waals surface area contributed by atoms with Gasteiger partial charge in [-0.1, -0.05) is 11.6 Å². The number of hydrogen-bond acceptors (Lipinski definition) is 6. The van der Waals surface area contributed by atoms with Gasteiger partial charge in [-0.05, 0) is 38.2 Å². The van der Waals surface area contributed by atoms with Crippen molar-refractivity contribution < 1.29 is 24.1 Å². The van der Waals surface area contributed by atoms with Crippen molar-refractivity contribution in [3.8, 4) is 22.8 Å². The van der Waals surface area contributed by atoms with Crippen LogP contribution in [-0.2, 0) is 0 Å². The number of likely N-dealkylation sites (tertiary alicyclic amines) is 1. The number of likely N-dealkylation sites (N-methyl/N-ethyl adjacent to an activating group) is 1. The Balaban J connectivity index is 2.03. The maximum absolute atomic E-state index is 13.7. The average molecular weight is 420 g/mol. The largest absolute Gasteiger partial charge is 0.507 e. The molecule has 1 aliphatic heterocycles. The van der Waals surface area contributed by atoms with Crippen molar-refractivity contribution in [3.05, 3.63) is 57.0 Å². The Labute approximate surface area is 170 Å². The number of rotatable bonds is 3. The SMILES string of the molecule is CN1CCC(c2c(O)cc(O)c3c(=O)cc(-c4cc(F)ccc4Cl)oc23)C1CO. The molecule has 0 amide bonds. The standard InChI is InChI=1S/C21H19ClFNO5/c1-24-5-4-11(14(24)9-25)19-15(26)7-16(27)20-17(28)8-18(29-21(19)20)12-6-10(23)2-3-13(12)22/h2-3,6-8,11,14,25-27H,4-5,9H2,1H3. The Hall–Kier alpha value is -2.61. The second kappa shape index (κ2) is 7.33. The van der Waals surface area contributed by atoms with Gasteiger partial charge < -0.3 is 24.6 Å². The summed E-state index contributed by atoms with van der Waals surface area (Å²) >= 11 is 6.16. The molecule has 29 heavy (non-hydrogen) atoms. The van der Waals surface area contributed by atoms with Crippen LogP contribution in [0, 0.1) is 5.82 Å². The van der Waals surface area contributed by atoms with E-state index in [1.54, 1.807) is 0 Å². The third-order valence-electron chi connectivity index (χ3n) is 5.57. The number of phenols is 2. The summed E-state index contributed by atoms with van der Waals surface area (Å²) in [6.45, 7) is 0.528. The minimum absolute atomic E-state index is 0.00378. The van der Waals surface area contributed by atoms with E-state index in [4.69, 9.17) is 16.0 Å². The first-order chi connectivity index (χ1) is 13.8. The number of halogens is 2. The third kappa shape index (κ3) is 3.25. The Morgan fingerprint density at radius 3 is 2.72 bits per heavy atom. The Morgan fingerprint density at radius 2 is 2.00 bits per heavy atom. The summed E-state index contributed by atoms with van der Waals surface area (Å²) < 4.78 is 19.7. The second-order valence-electron chi connectivity index (χ2n) is 7.26. The quantitative estimate of drug-likeness (QED) is 0.602. The molecule has 2 aromatic carbocycles. The van der Waals surface area contributed by atoms with Gasteiger partial charge in [0, 0.05) is 35.2 Å². The van der Waals surface area contributed by atoms with Gasteiger partial charge in [-0.3, -0.25) is 4.79 Å². The van der Waals surface area contributed by atoms with Crippen molar-refractivity contribution in [1.82, 2.24) is 4.90 Å². The van der Waals surface area contributed by atoms with E-state index in [2.05, 4.69) is 0 Å². The molecular formula is C21H19ClFNO5. The van der Waals surface area contributed by atoms with Crippen LogP contribution >= 0.6 is 11.6 Å². The summed E-state index contributed by atoms with van der Waals surface area (Å²) in [5.41, 5.74) is -0.0364. The number of aromatic hydroxyl groups is 2. The fourth-order valence-electron chi connectivity index (χ4n) is 4.11. The van der Waals surface area contributed by atoms with E-state index >= 15 is 0 Å². The molecule has 152 valence electrons. The Bertz CT molecular complexity index is 1160. The van der Waals surface area contributed by atoms with E-state index in [9.17, 15) is 24.5 Å². The van der Waals surface area contributed by atoms with Crippen LogP contribution in [0.3, 0.4) is 0 Å². The number of phenolic OH excluding ortho intramolecular Hbond substituents is 2. The summed E-state index contributed by atoms with van der Waals surface area (Å²) in [6, 6.07) is 5.64. The van der Waals surface area contributed by atoms with Crippen molar-refractivity contribution in [3.63, 3.8) is 0 Å². The third-order valence-corrected chi connectivity index (χ3v) is 5.90. The molecule has 0 spiro atoms. The first-order valence-corrected chi connectivity index (χ1v) is 9.48. The molecule has 0 radical (unpaired) electrons. The fraction of sp³-hybridized carbons (Fsp3) is 0.286. The van der Waals surface area contributed by atoms with E-state index in [0.29, 0.717) is 18.5 Å². The second-order valence-corrected chi connectivity index (χ2v) is 7.66. The lowest BCUT2D eigenvalue weighted by Crippen LogP contribution is -2.32. The Kier molecular flexibility index (Phi) is 4.98. The smallest absolute Gasteiger partial charge is 0.197 e. The molecule has 8 heteroatoms. The van der Waals surface area contributed by atoms with E-state index < -0.39 is 17.0 Å². The van der Waals surface area contributed by atoms with Crippen molar-refractivity contribution in [2.75, 3.05) is 20.2 Å². The number of aliphatic hydroxyl groups is 1. The van der Waals surface area contributed by atoms with Gasteiger partial charge in [0.15, 0.2) is 5.43 Å². The highest BCUT2D eigenvalue weighted by molar-refractivity contribution is 6.33. The maximum Gasteiger partial charge on any atom is 0.197 e. The molecule has 1 fully saturated rings. The van der Waals surface area contributed by atoms with Crippen LogP contribution in [0.4, 0.5) is 4.39 Å². The van der Waals surface area contributed by atoms with E-state index in [1.165, 1.54) is 12.1 Å². The molecule has 0 bridgehead atoms. The highest BCUT2D eigenvalue weighted by Crippen LogP contribution is 2.44. The van der Waals surface area contributed by atoms with Crippen LogP contribution in [0.15, 0.2) is 39.5 Å². The molecule has 2 unspecified atom stereocenters. The van der Waals surface area contributed by atoms with E-state index in [0.717, 1.165) is 18.2 Å². The highest BCUT2D eigenvalue weighted by Gasteiger charge is 2.36. The van der Waals surface area contributed by atoms with Crippen molar-refractivity contribution >= 4 is 22.6 Å². The predicted octanol–water partition coefficient (Wildman–Crippen LogP) is 3.44. The lowest BCUT2D eigenvalue weighted by Gasteiger charge is -2.24. The van der Waals surface area contributed by atoms with Crippen LogP contribution < -0.4 is 5.43 Å². The fourth-order valence-corrected chi connectivity index (χ4v) is 4.32. The molecular weight excluding hydrogens is 401 g/mol. The normalized spacial score (nSPS) is 19.9. The van der Waals surface area contributed by atoms with E-state index in [1.807, 2.05) is 11.9 Å². The van der Waals surface area contributed by atoms with Crippen LogP contribution in [0.25, 0.3) is 22.3 Å². The number of hydrogen-bond donors (Lipinski definition) is 3. The first-order valence-electron chi connectivity index (χ1n) is 9.11. The van der Waals surface area contributed by atoms with Gasteiger partial charge >= 0.3 is 0 Å². The molecule has 4 rings (SSSR count). The molecule has 3 N–H and O–H groups in total. The van der Waals surface area contributed by atoms with Gasteiger partial charge in [0.25, 0.3) is 0 Å². The maximum atomic E-state index is 13.7. The average Bonchev–Trinajstić information content (AvgIpc) is 3.03. The predicted molar refractivity (Wildman–Crippen MR) is 107 cm³/mol. The minimum Gasteiger partial charge on any atom is -0.507 e. The molecule has 2 atom stereocenters. The van der Waals surface area contributed by atoms with E-state index in [-0.39, 0.29) is 51.6 Å². The molecule has 0 aliphatic carbocycles. The van der Waals surface area contributed by atoms with Crippen molar-refractivity contribution in [2.45, 2.75) is 18.4 Å². The van der Waals surface area contributed by atoms with Crippen LogP contribution in [0.1, 0.15) is 17.9 Å². The molecule has 1 aliphatic rings. The molecule has 0 saturated carbocycles.